The summed E-state index contributed by atoms with van der Waals surface area (Å²) in [4.78, 5) is 25.7. The Kier molecular flexibility index (Phi) is 8.90. The van der Waals surface area contributed by atoms with E-state index in [2.05, 4.69) is 17.1 Å². The Balaban J connectivity index is 0.000000505. The fraction of sp³-hybridized carbons (Fsp3) is 0.440. The minimum atomic E-state index is -5.08. The van der Waals surface area contributed by atoms with E-state index >= 15 is 0 Å². The monoisotopic (exact) mass is 549 g/mol. The van der Waals surface area contributed by atoms with E-state index in [0.29, 0.717) is 30.9 Å². The third kappa shape index (κ3) is 7.15. The summed E-state index contributed by atoms with van der Waals surface area (Å²) in [6, 6.07) is 9.95. The molecule has 0 aromatic heterocycles. The molecule has 2 saturated heterocycles. The zero-order chi connectivity index (χ0) is 28.3. The van der Waals surface area contributed by atoms with Gasteiger partial charge in [-0.25, -0.2) is 9.18 Å². The van der Waals surface area contributed by atoms with Gasteiger partial charge < -0.3 is 15.3 Å². The number of carbonyl (C=O) groups excluding carboxylic acids is 1. The summed E-state index contributed by atoms with van der Waals surface area (Å²) in [5, 5.41) is 9.35. The van der Waals surface area contributed by atoms with E-state index in [4.69, 9.17) is 9.90 Å². The maximum Gasteiger partial charge on any atom is 0.490 e. The third-order valence-corrected chi connectivity index (χ3v) is 6.52. The van der Waals surface area contributed by atoms with Gasteiger partial charge in [-0.15, -0.1) is 0 Å². The number of alkyl halides is 6. The third-order valence-electron chi connectivity index (χ3n) is 6.52. The number of nitrogens with one attached hydrogen (secondary N) is 1. The fourth-order valence-electron chi connectivity index (χ4n) is 4.65. The minimum absolute atomic E-state index is 0.304. The molecule has 6 nitrogen and oxygen atoms in total. The van der Waals surface area contributed by atoms with Crippen LogP contribution in [0.15, 0.2) is 42.5 Å². The Morgan fingerprint density at radius 3 is 2.21 bits per heavy atom. The van der Waals surface area contributed by atoms with Crippen LogP contribution in [0.2, 0.25) is 0 Å². The predicted molar refractivity (Wildman–Crippen MR) is 126 cm³/mol. The number of likely N-dealkylation sites (tertiary alicyclic amines) is 1. The maximum atomic E-state index is 13.8. The number of amides is 1. The molecule has 2 heterocycles. The van der Waals surface area contributed by atoms with E-state index in [0.717, 1.165) is 37.9 Å². The molecule has 0 saturated carbocycles. The largest absolute Gasteiger partial charge is 0.490 e. The minimum Gasteiger partial charge on any atom is -0.475 e. The first-order valence-corrected chi connectivity index (χ1v) is 11.8. The first-order chi connectivity index (χ1) is 17.7. The lowest BCUT2D eigenvalue weighted by Crippen LogP contribution is -2.39. The van der Waals surface area contributed by atoms with Crippen LogP contribution in [0.25, 0.3) is 0 Å². The lowest BCUT2D eigenvalue weighted by atomic mass is 10.1. The molecule has 2 aromatic carbocycles. The summed E-state index contributed by atoms with van der Waals surface area (Å²) in [6.45, 7) is 4.60. The van der Waals surface area contributed by atoms with Crippen LogP contribution in [0.1, 0.15) is 42.1 Å². The Hall–Kier alpha value is -3.35. The highest BCUT2D eigenvalue weighted by Crippen LogP contribution is 2.38. The molecule has 2 atom stereocenters. The van der Waals surface area contributed by atoms with Crippen LogP contribution in [0.5, 0.6) is 0 Å². The second kappa shape index (κ2) is 11.6. The van der Waals surface area contributed by atoms with Crippen LogP contribution >= 0.6 is 0 Å². The summed E-state index contributed by atoms with van der Waals surface area (Å²) >= 11 is 0. The van der Waals surface area contributed by atoms with Crippen molar-refractivity contribution in [3.8, 4) is 0 Å². The number of hydrogen-bond acceptors (Lipinski definition) is 4. The van der Waals surface area contributed by atoms with Crippen molar-refractivity contribution in [2.45, 2.75) is 50.6 Å². The molecule has 2 unspecified atom stereocenters. The topological polar surface area (TPSA) is 72.9 Å². The quantitative estimate of drug-likeness (QED) is 0.473. The fourth-order valence-corrected chi connectivity index (χ4v) is 4.65. The summed E-state index contributed by atoms with van der Waals surface area (Å²) < 4.78 is 86.9. The van der Waals surface area contributed by atoms with E-state index in [1.165, 1.54) is 24.3 Å². The molecule has 13 heteroatoms. The number of aliphatic carboxylic acids is 1. The molecule has 38 heavy (non-hydrogen) atoms. The van der Waals surface area contributed by atoms with Crippen molar-refractivity contribution < 1.29 is 45.4 Å². The van der Waals surface area contributed by atoms with Crippen molar-refractivity contribution in [3.05, 3.63) is 59.4 Å². The molecule has 208 valence electrons. The molecule has 0 aliphatic carbocycles. The second-order valence-corrected chi connectivity index (χ2v) is 9.08. The first kappa shape index (κ1) is 29.2. The average Bonchev–Trinajstić information content (AvgIpc) is 3.47. The van der Waals surface area contributed by atoms with Crippen molar-refractivity contribution >= 4 is 23.3 Å². The van der Waals surface area contributed by atoms with Gasteiger partial charge in [0, 0.05) is 30.9 Å². The van der Waals surface area contributed by atoms with Crippen LogP contribution in [0.4, 0.5) is 42.1 Å². The summed E-state index contributed by atoms with van der Waals surface area (Å²) in [7, 11) is 0. The number of benzene rings is 2. The van der Waals surface area contributed by atoms with Gasteiger partial charge in [-0.1, -0.05) is 12.1 Å². The number of anilines is 2. The molecule has 1 amide bonds. The van der Waals surface area contributed by atoms with Crippen LogP contribution in [0, 0.1) is 5.82 Å². The number of carboxylic acids is 1. The molecule has 0 radical (unpaired) electrons. The van der Waals surface area contributed by atoms with E-state index in [9.17, 15) is 35.5 Å². The number of rotatable bonds is 4. The Morgan fingerprint density at radius 2 is 1.66 bits per heavy atom. The second-order valence-electron chi connectivity index (χ2n) is 9.08. The predicted octanol–water partition coefficient (Wildman–Crippen LogP) is 5.79. The molecule has 4 rings (SSSR count). The molecule has 2 N–H and O–H groups in total. The standard InChI is InChI=1S/C23H25F4N3O.C2HF3O2/c1-15-5-4-11-30(15)17-10-12-29(14-17)16-8-9-21(19(13-16)23(25,26)27)28-22(31)18-6-2-3-7-20(18)24;3-2(4,5)1(6)7/h2-3,6-9,13,15,17H,4-5,10-12,14H2,1H3,(H,28,31);(H,6,7). The van der Waals surface area contributed by atoms with Crippen molar-refractivity contribution in [2.24, 2.45) is 0 Å². The van der Waals surface area contributed by atoms with Gasteiger partial charge in [0.25, 0.3) is 5.91 Å². The van der Waals surface area contributed by atoms with Gasteiger partial charge in [0.05, 0.1) is 16.8 Å². The highest BCUT2D eigenvalue weighted by atomic mass is 19.4. The van der Waals surface area contributed by atoms with Gasteiger partial charge in [0.15, 0.2) is 0 Å². The zero-order valence-corrected chi connectivity index (χ0v) is 20.2. The number of hydrogen-bond donors (Lipinski definition) is 2. The first-order valence-electron chi connectivity index (χ1n) is 11.8. The lowest BCUT2D eigenvalue weighted by molar-refractivity contribution is -0.192. The summed E-state index contributed by atoms with van der Waals surface area (Å²) in [5.74, 6) is -4.46. The molecular weight excluding hydrogens is 523 g/mol. The molecule has 2 aromatic rings. The molecule has 0 bridgehead atoms. The normalized spacial score (nSPS) is 20.2. The average molecular weight is 549 g/mol. The number of halogens is 7. The smallest absolute Gasteiger partial charge is 0.475 e. The van der Waals surface area contributed by atoms with E-state index in [-0.39, 0.29) is 11.3 Å². The van der Waals surface area contributed by atoms with Crippen LogP contribution < -0.4 is 10.2 Å². The molecule has 2 aliphatic heterocycles. The zero-order valence-electron chi connectivity index (χ0n) is 20.2. The van der Waals surface area contributed by atoms with Crippen LogP contribution in [-0.4, -0.2) is 59.8 Å². The highest BCUT2D eigenvalue weighted by molar-refractivity contribution is 6.05. The van der Waals surface area contributed by atoms with Gasteiger partial charge in [-0.05, 0) is 63.1 Å². The molecule has 2 fully saturated rings. The van der Waals surface area contributed by atoms with Gasteiger partial charge in [0.1, 0.15) is 5.82 Å². The summed E-state index contributed by atoms with van der Waals surface area (Å²) in [5.41, 5.74) is -1.14. The summed E-state index contributed by atoms with van der Waals surface area (Å²) in [6.07, 6.45) is -6.51. The number of carbonyl (C=O) groups is 2. The van der Waals surface area contributed by atoms with Gasteiger partial charge in [-0.3, -0.25) is 9.69 Å². The van der Waals surface area contributed by atoms with Crippen molar-refractivity contribution in [2.75, 3.05) is 29.9 Å². The van der Waals surface area contributed by atoms with Gasteiger partial charge in [0.2, 0.25) is 0 Å². The molecular formula is C25H26F7N3O3. The molecule has 2 aliphatic rings. The van der Waals surface area contributed by atoms with Gasteiger partial charge >= 0.3 is 18.3 Å². The molecule has 0 spiro atoms. The van der Waals surface area contributed by atoms with E-state index < -0.39 is 35.6 Å². The SMILES string of the molecule is CC1CCCN1C1CCN(c2ccc(NC(=O)c3ccccc3F)c(C(F)(F)F)c2)C1.O=C(O)C(F)(F)F. The van der Waals surface area contributed by atoms with Crippen LogP contribution in [0.3, 0.4) is 0 Å². The maximum absolute atomic E-state index is 13.8. The van der Waals surface area contributed by atoms with Crippen molar-refractivity contribution in [1.82, 2.24) is 4.90 Å². The van der Waals surface area contributed by atoms with Crippen LogP contribution in [-0.2, 0) is 11.0 Å². The Morgan fingerprint density at radius 1 is 1.00 bits per heavy atom. The number of nitrogens with zero attached hydrogens (tertiary/aromatic N) is 2. The lowest BCUT2D eigenvalue weighted by Gasteiger charge is -2.29. The van der Waals surface area contributed by atoms with E-state index in [1.54, 1.807) is 6.07 Å². The van der Waals surface area contributed by atoms with Crippen molar-refractivity contribution in [3.63, 3.8) is 0 Å². The Labute approximate surface area is 214 Å². The number of carboxylic acid groups (broad SMARTS) is 1. The van der Waals surface area contributed by atoms with E-state index in [1.807, 2.05) is 4.90 Å². The highest BCUT2D eigenvalue weighted by Gasteiger charge is 2.38. The van der Waals surface area contributed by atoms with Gasteiger partial charge in [-0.2, -0.15) is 26.3 Å². The van der Waals surface area contributed by atoms with Crippen molar-refractivity contribution in [1.29, 1.82) is 0 Å². The Bertz CT molecular complexity index is 1150.